The highest BCUT2D eigenvalue weighted by Gasteiger charge is 2.13. The molecule has 0 radical (unpaired) electrons. The molecule has 0 unspecified atom stereocenters. The van der Waals surface area contributed by atoms with Crippen LogP contribution < -0.4 is 4.90 Å². The van der Waals surface area contributed by atoms with Gasteiger partial charge in [-0.1, -0.05) is 18.2 Å². The number of Topliss-reactive ketones (excluding diaryl/α,β-unsaturated/α-hetero) is 1. The van der Waals surface area contributed by atoms with Crippen LogP contribution in [0, 0.1) is 11.6 Å². The van der Waals surface area contributed by atoms with Gasteiger partial charge in [-0.2, -0.15) is 0 Å². The summed E-state index contributed by atoms with van der Waals surface area (Å²) in [4.78, 5) is 13.5. The van der Waals surface area contributed by atoms with E-state index in [4.69, 9.17) is 0 Å². The van der Waals surface area contributed by atoms with Gasteiger partial charge in [0.1, 0.15) is 11.6 Å². The zero-order chi connectivity index (χ0) is 13.8. The number of rotatable bonds is 4. The standard InChI is InChI=1S/C15H13F2NO/c1-18(12-6-4-5-11(16)9-12)10-15(19)13-7-2-3-8-14(13)17/h2-9H,10H2,1H3. The molecule has 0 aromatic heterocycles. The predicted molar refractivity (Wildman–Crippen MR) is 70.4 cm³/mol. The van der Waals surface area contributed by atoms with Crippen LogP contribution in [0.1, 0.15) is 10.4 Å². The molecule has 0 saturated heterocycles. The second-order valence-electron chi connectivity index (χ2n) is 4.24. The first-order valence-corrected chi connectivity index (χ1v) is 5.82. The van der Waals surface area contributed by atoms with Crippen LogP contribution in [0.2, 0.25) is 0 Å². The van der Waals surface area contributed by atoms with E-state index in [1.54, 1.807) is 30.1 Å². The fraction of sp³-hybridized carbons (Fsp3) is 0.133. The number of carbonyl (C=O) groups excluding carboxylic acids is 1. The summed E-state index contributed by atoms with van der Waals surface area (Å²) < 4.78 is 26.5. The fourth-order valence-electron chi connectivity index (χ4n) is 1.79. The zero-order valence-corrected chi connectivity index (χ0v) is 10.4. The molecule has 0 heterocycles. The molecule has 0 fully saturated rings. The van der Waals surface area contributed by atoms with Crippen molar-refractivity contribution in [3.05, 3.63) is 65.7 Å². The molecule has 0 saturated carbocycles. The first-order chi connectivity index (χ1) is 9.08. The number of hydrogen-bond acceptors (Lipinski definition) is 2. The largest absolute Gasteiger partial charge is 0.367 e. The monoisotopic (exact) mass is 261 g/mol. The van der Waals surface area contributed by atoms with Gasteiger partial charge in [0.15, 0.2) is 5.78 Å². The number of benzene rings is 2. The zero-order valence-electron chi connectivity index (χ0n) is 10.4. The highest BCUT2D eigenvalue weighted by molar-refractivity contribution is 5.99. The molecular weight excluding hydrogens is 248 g/mol. The van der Waals surface area contributed by atoms with Gasteiger partial charge in [0, 0.05) is 12.7 Å². The van der Waals surface area contributed by atoms with Gasteiger partial charge in [0.25, 0.3) is 0 Å². The average molecular weight is 261 g/mol. The molecule has 2 nitrogen and oxygen atoms in total. The lowest BCUT2D eigenvalue weighted by molar-refractivity contribution is 0.0996. The molecule has 98 valence electrons. The van der Waals surface area contributed by atoms with E-state index in [1.165, 1.54) is 30.3 Å². The van der Waals surface area contributed by atoms with E-state index < -0.39 is 5.82 Å². The Kier molecular flexibility index (Phi) is 3.90. The normalized spacial score (nSPS) is 10.3. The third-order valence-corrected chi connectivity index (χ3v) is 2.80. The van der Waals surface area contributed by atoms with Crippen LogP contribution in [0.25, 0.3) is 0 Å². The predicted octanol–water partition coefficient (Wildman–Crippen LogP) is 3.28. The number of ketones is 1. The maximum atomic E-state index is 13.5. The van der Waals surface area contributed by atoms with Crippen LogP contribution in [-0.2, 0) is 0 Å². The molecule has 2 aromatic rings. The smallest absolute Gasteiger partial charge is 0.185 e. The Bertz CT molecular complexity index is 598. The minimum absolute atomic E-state index is 0.00954. The number of carbonyl (C=O) groups is 1. The summed E-state index contributed by atoms with van der Waals surface area (Å²) in [6.07, 6.45) is 0. The van der Waals surface area contributed by atoms with Crippen LogP contribution in [0.15, 0.2) is 48.5 Å². The van der Waals surface area contributed by atoms with E-state index in [9.17, 15) is 13.6 Å². The van der Waals surface area contributed by atoms with E-state index in [-0.39, 0.29) is 23.7 Å². The van der Waals surface area contributed by atoms with Gasteiger partial charge in [0.2, 0.25) is 0 Å². The Morgan fingerprint density at radius 2 is 1.84 bits per heavy atom. The van der Waals surface area contributed by atoms with Gasteiger partial charge in [-0.25, -0.2) is 8.78 Å². The van der Waals surface area contributed by atoms with Gasteiger partial charge >= 0.3 is 0 Å². The number of nitrogens with zero attached hydrogens (tertiary/aromatic N) is 1. The fourth-order valence-corrected chi connectivity index (χ4v) is 1.79. The molecule has 0 bridgehead atoms. The molecule has 0 atom stereocenters. The van der Waals surface area contributed by atoms with Crippen molar-refractivity contribution in [1.29, 1.82) is 0 Å². The van der Waals surface area contributed by atoms with Crippen molar-refractivity contribution < 1.29 is 13.6 Å². The Hall–Kier alpha value is -2.23. The molecule has 4 heteroatoms. The lowest BCUT2D eigenvalue weighted by Gasteiger charge is -2.18. The van der Waals surface area contributed by atoms with Crippen LogP contribution >= 0.6 is 0 Å². The van der Waals surface area contributed by atoms with Crippen LogP contribution in [-0.4, -0.2) is 19.4 Å². The SMILES string of the molecule is CN(CC(=O)c1ccccc1F)c1cccc(F)c1. The topological polar surface area (TPSA) is 20.3 Å². The highest BCUT2D eigenvalue weighted by Crippen LogP contribution is 2.15. The van der Waals surface area contributed by atoms with E-state index in [2.05, 4.69) is 0 Å². The quantitative estimate of drug-likeness (QED) is 0.787. The van der Waals surface area contributed by atoms with Gasteiger partial charge < -0.3 is 4.90 Å². The molecule has 19 heavy (non-hydrogen) atoms. The Balaban J connectivity index is 2.13. The van der Waals surface area contributed by atoms with Crippen molar-refractivity contribution in [1.82, 2.24) is 0 Å². The molecule has 0 aliphatic heterocycles. The summed E-state index contributed by atoms with van der Waals surface area (Å²) in [6.45, 7) is -0.00954. The lowest BCUT2D eigenvalue weighted by atomic mass is 10.1. The first kappa shape index (κ1) is 13.2. The van der Waals surface area contributed by atoms with Gasteiger partial charge in [-0.05, 0) is 30.3 Å². The minimum Gasteiger partial charge on any atom is -0.367 e. The van der Waals surface area contributed by atoms with Gasteiger partial charge in [-0.3, -0.25) is 4.79 Å². The number of likely N-dealkylation sites (N-methyl/N-ethyl adjacent to an activating group) is 1. The van der Waals surface area contributed by atoms with Crippen molar-refractivity contribution in [2.24, 2.45) is 0 Å². The van der Waals surface area contributed by atoms with Crippen molar-refractivity contribution in [2.45, 2.75) is 0 Å². The van der Waals surface area contributed by atoms with Crippen LogP contribution in [0.4, 0.5) is 14.5 Å². The summed E-state index contributed by atoms with van der Waals surface area (Å²) in [6, 6.07) is 11.7. The molecule has 2 rings (SSSR count). The van der Waals surface area contributed by atoms with Crippen LogP contribution in [0.5, 0.6) is 0 Å². The first-order valence-electron chi connectivity index (χ1n) is 5.82. The number of anilines is 1. The maximum absolute atomic E-state index is 13.5. The highest BCUT2D eigenvalue weighted by atomic mass is 19.1. The van der Waals surface area contributed by atoms with Crippen molar-refractivity contribution in [2.75, 3.05) is 18.5 Å². The van der Waals surface area contributed by atoms with E-state index in [0.29, 0.717) is 5.69 Å². The lowest BCUT2D eigenvalue weighted by Crippen LogP contribution is -2.26. The van der Waals surface area contributed by atoms with Gasteiger partial charge in [-0.15, -0.1) is 0 Å². The third kappa shape index (κ3) is 3.16. The molecule has 0 amide bonds. The summed E-state index contributed by atoms with van der Waals surface area (Å²) in [5, 5.41) is 0. The van der Waals surface area contributed by atoms with E-state index in [1.807, 2.05) is 0 Å². The second kappa shape index (κ2) is 5.61. The minimum atomic E-state index is -0.542. The summed E-state index contributed by atoms with van der Waals surface area (Å²) in [7, 11) is 1.66. The maximum Gasteiger partial charge on any atom is 0.185 e. The number of halogens is 2. The summed E-state index contributed by atoms with van der Waals surface area (Å²) in [5.74, 6) is -1.26. The second-order valence-corrected chi connectivity index (χ2v) is 4.24. The summed E-state index contributed by atoms with van der Waals surface area (Å²) in [5.41, 5.74) is 0.621. The van der Waals surface area contributed by atoms with Crippen molar-refractivity contribution >= 4 is 11.5 Å². The molecule has 0 aliphatic rings. The Morgan fingerprint density at radius 3 is 2.53 bits per heavy atom. The molecule has 0 spiro atoms. The molecular formula is C15H13F2NO. The van der Waals surface area contributed by atoms with Gasteiger partial charge in [0.05, 0.1) is 12.1 Å². The van der Waals surface area contributed by atoms with Crippen molar-refractivity contribution in [3.63, 3.8) is 0 Å². The molecule has 0 N–H and O–H groups in total. The third-order valence-electron chi connectivity index (χ3n) is 2.80. The summed E-state index contributed by atoms with van der Waals surface area (Å²) >= 11 is 0. The Labute approximate surface area is 110 Å². The molecule has 0 aliphatic carbocycles. The van der Waals surface area contributed by atoms with Crippen molar-refractivity contribution in [3.8, 4) is 0 Å². The molecule has 2 aromatic carbocycles. The van der Waals surface area contributed by atoms with E-state index in [0.717, 1.165) is 0 Å². The Morgan fingerprint density at radius 1 is 1.11 bits per heavy atom. The number of hydrogen-bond donors (Lipinski definition) is 0. The van der Waals surface area contributed by atoms with Crippen LogP contribution in [0.3, 0.4) is 0 Å². The van der Waals surface area contributed by atoms with E-state index >= 15 is 0 Å². The average Bonchev–Trinajstić information content (AvgIpc) is 2.39.